The minimum atomic E-state index is -0.234. The summed E-state index contributed by atoms with van der Waals surface area (Å²) >= 11 is 5.88. The van der Waals surface area contributed by atoms with Crippen molar-refractivity contribution in [1.29, 1.82) is 0 Å². The first-order valence-electron chi connectivity index (χ1n) is 6.63. The zero-order valence-corrected chi connectivity index (χ0v) is 11.7. The molecule has 1 saturated carbocycles. The van der Waals surface area contributed by atoms with Gasteiger partial charge in [0.2, 0.25) is 5.91 Å². The summed E-state index contributed by atoms with van der Waals surface area (Å²) in [5.41, 5.74) is 0.944. The number of amides is 1. The molecule has 0 unspecified atom stereocenters. The number of ketones is 1. The second-order valence-corrected chi connectivity index (χ2v) is 5.48. The first-order valence-corrected chi connectivity index (χ1v) is 7.01. The molecule has 0 spiro atoms. The lowest BCUT2D eigenvalue weighted by Crippen LogP contribution is -2.37. The number of Topliss-reactive ketones (excluding diaryl/α,β-unsaturated/α-hetero) is 1. The number of carbonyl (C=O) groups is 2. The second-order valence-electron chi connectivity index (χ2n) is 5.05. The predicted octanol–water partition coefficient (Wildman–Crippen LogP) is 3.28. The van der Waals surface area contributed by atoms with Crippen molar-refractivity contribution >= 4 is 23.3 Å². The molecule has 3 nitrogen and oxygen atoms in total. The molecular weight excluding hydrogens is 262 g/mol. The van der Waals surface area contributed by atoms with Crippen LogP contribution in [0.5, 0.6) is 0 Å². The molecule has 102 valence electrons. The van der Waals surface area contributed by atoms with Crippen LogP contribution < -0.4 is 5.32 Å². The molecule has 2 rings (SSSR count). The highest BCUT2D eigenvalue weighted by atomic mass is 35.5. The van der Waals surface area contributed by atoms with Gasteiger partial charge in [0.05, 0.1) is 6.04 Å². The number of halogens is 1. The standard InChI is InChI=1S/C15H18ClNO2/c1-10(18)17-15(11-6-8-12(16)9-7-11)13-4-2-3-5-14(13)19/h6-9,13,15H,2-5H2,1H3,(H,17,18)/t13-,15-/m0/s1. The van der Waals surface area contributed by atoms with Crippen LogP contribution in [0.25, 0.3) is 0 Å². The summed E-state index contributed by atoms with van der Waals surface area (Å²) in [7, 11) is 0. The van der Waals surface area contributed by atoms with Gasteiger partial charge in [0.15, 0.2) is 0 Å². The van der Waals surface area contributed by atoms with Crippen molar-refractivity contribution in [1.82, 2.24) is 5.32 Å². The Labute approximate surface area is 118 Å². The number of rotatable bonds is 3. The largest absolute Gasteiger partial charge is 0.349 e. The zero-order valence-electron chi connectivity index (χ0n) is 11.0. The van der Waals surface area contributed by atoms with Crippen LogP contribution in [0.4, 0.5) is 0 Å². The summed E-state index contributed by atoms with van der Waals surface area (Å²) in [6.45, 7) is 1.48. The van der Waals surface area contributed by atoms with Gasteiger partial charge in [-0.3, -0.25) is 9.59 Å². The van der Waals surface area contributed by atoms with E-state index in [0.717, 1.165) is 24.8 Å². The van der Waals surface area contributed by atoms with Crippen LogP contribution in [0.1, 0.15) is 44.2 Å². The number of hydrogen-bond acceptors (Lipinski definition) is 2. The predicted molar refractivity (Wildman–Crippen MR) is 75.0 cm³/mol. The maximum atomic E-state index is 12.1. The smallest absolute Gasteiger partial charge is 0.217 e. The number of hydrogen-bond donors (Lipinski definition) is 1. The molecule has 0 aromatic heterocycles. The lowest BCUT2D eigenvalue weighted by atomic mass is 9.80. The lowest BCUT2D eigenvalue weighted by molar-refractivity contribution is -0.126. The molecular formula is C15H18ClNO2. The Morgan fingerprint density at radius 3 is 2.58 bits per heavy atom. The monoisotopic (exact) mass is 279 g/mol. The van der Waals surface area contributed by atoms with Crippen LogP contribution in [0.15, 0.2) is 24.3 Å². The molecule has 1 N–H and O–H groups in total. The van der Waals surface area contributed by atoms with Gasteiger partial charge < -0.3 is 5.32 Å². The van der Waals surface area contributed by atoms with Gasteiger partial charge in [-0.2, -0.15) is 0 Å². The number of nitrogens with one attached hydrogen (secondary N) is 1. The summed E-state index contributed by atoms with van der Waals surface area (Å²) in [6.07, 6.45) is 3.46. The SMILES string of the molecule is CC(=O)N[C@@H](c1ccc(Cl)cc1)[C@H]1CCCCC1=O. The minimum absolute atomic E-state index is 0.112. The maximum absolute atomic E-state index is 12.1. The van der Waals surface area contributed by atoms with Gasteiger partial charge >= 0.3 is 0 Å². The van der Waals surface area contributed by atoms with Crippen LogP contribution >= 0.6 is 11.6 Å². The Kier molecular flexibility index (Phi) is 4.59. The van der Waals surface area contributed by atoms with Crippen molar-refractivity contribution in [2.75, 3.05) is 0 Å². The molecule has 2 atom stereocenters. The van der Waals surface area contributed by atoms with E-state index >= 15 is 0 Å². The minimum Gasteiger partial charge on any atom is -0.349 e. The molecule has 0 saturated heterocycles. The third-order valence-electron chi connectivity index (χ3n) is 3.59. The summed E-state index contributed by atoms with van der Waals surface area (Å²) in [6, 6.07) is 7.11. The molecule has 0 aliphatic heterocycles. The maximum Gasteiger partial charge on any atom is 0.217 e. The fourth-order valence-electron chi connectivity index (χ4n) is 2.67. The molecule has 4 heteroatoms. The topological polar surface area (TPSA) is 46.2 Å². The van der Waals surface area contributed by atoms with Crippen molar-refractivity contribution in [2.24, 2.45) is 5.92 Å². The molecule has 1 aromatic rings. The normalized spacial score (nSPS) is 20.9. The first kappa shape index (κ1) is 14.1. The first-order chi connectivity index (χ1) is 9.08. The van der Waals surface area contributed by atoms with Gasteiger partial charge in [0.25, 0.3) is 0 Å². The summed E-state index contributed by atoms with van der Waals surface area (Å²) in [5.74, 6) is 0.0251. The molecule has 0 radical (unpaired) electrons. The highest BCUT2D eigenvalue weighted by Crippen LogP contribution is 2.32. The Bertz CT molecular complexity index is 470. The third-order valence-corrected chi connectivity index (χ3v) is 3.84. The lowest BCUT2D eigenvalue weighted by Gasteiger charge is -2.30. The molecule has 1 fully saturated rings. The van der Waals surface area contributed by atoms with Gasteiger partial charge in [-0.05, 0) is 30.5 Å². The molecule has 1 aromatic carbocycles. The molecule has 19 heavy (non-hydrogen) atoms. The van der Waals surface area contributed by atoms with E-state index < -0.39 is 0 Å². The third kappa shape index (κ3) is 3.57. The molecule has 0 heterocycles. The van der Waals surface area contributed by atoms with Crippen LogP contribution in [-0.2, 0) is 9.59 Å². The van der Waals surface area contributed by atoms with Gasteiger partial charge in [0, 0.05) is 24.3 Å². The van der Waals surface area contributed by atoms with Gasteiger partial charge in [-0.15, -0.1) is 0 Å². The van der Waals surface area contributed by atoms with Gasteiger partial charge in [-0.1, -0.05) is 30.2 Å². The van der Waals surface area contributed by atoms with E-state index in [4.69, 9.17) is 11.6 Å². The highest BCUT2D eigenvalue weighted by molar-refractivity contribution is 6.30. The molecule has 1 aliphatic carbocycles. The van der Waals surface area contributed by atoms with E-state index in [0.29, 0.717) is 11.4 Å². The van der Waals surface area contributed by atoms with Gasteiger partial charge in [-0.25, -0.2) is 0 Å². The van der Waals surface area contributed by atoms with E-state index in [1.165, 1.54) is 6.92 Å². The number of benzene rings is 1. The van der Waals surface area contributed by atoms with Crippen molar-refractivity contribution in [3.8, 4) is 0 Å². The van der Waals surface area contributed by atoms with Crippen molar-refractivity contribution in [3.05, 3.63) is 34.9 Å². The molecule has 0 bridgehead atoms. The quantitative estimate of drug-likeness (QED) is 0.923. The van der Waals surface area contributed by atoms with E-state index in [1.54, 1.807) is 12.1 Å². The van der Waals surface area contributed by atoms with Crippen molar-refractivity contribution in [3.63, 3.8) is 0 Å². The highest BCUT2D eigenvalue weighted by Gasteiger charge is 2.31. The summed E-state index contributed by atoms with van der Waals surface area (Å²) in [4.78, 5) is 23.5. The van der Waals surface area contributed by atoms with E-state index in [-0.39, 0.29) is 23.7 Å². The Balaban J connectivity index is 2.26. The molecule has 1 amide bonds. The van der Waals surface area contributed by atoms with E-state index in [1.807, 2.05) is 12.1 Å². The van der Waals surface area contributed by atoms with Crippen molar-refractivity contribution < 1.29 is 9.59 Å². The Morgan fingerprint density at radius 2 is 2.00 bits per heavy atom. The zero-order chi connectivity index (χ0) is 13.8. The summed E-state index contributed by atoms with van der Waals surface area (Å²) < 4.78 is 0. The fraction of sp³-hybridized carbons (Fsp3) is 0.467. The molecule has 1 aliphatic rings. The van der Waals surface area contributed by atoms with Crippen LogP contribution in [0.2, 0.25) is 5.02 Å². The average molecular weight is 280 g/mol. The van der Waals surface area contributed by atoms with Crippen LogP contribution in [0.3, 0.4) is 0 Å². The van der Waals surface area contributed by atoms with E-state index in [2.05, 4.69) is 5.32 Å². The van der Waals surface area contributed by atoms with Crippen LogP contribution in [-0.4, -0.2) is 11.7 Å². The van der Waals surface area contributed by atoms with E-state index in [9.17, 15) is 9.59 Å². The van der Waals surface area contributed by atoms with Gasteiger partial charge in [0.1, 0.15) is 5.78 Å². The van der Waals surface area contributed by atoms with Crippen molar-refractivity contribution in [2.45, 2.75) is 38.6 Å². The Morgan fingerprint density at radius 1 is 1.32 bits per heavy atom. The van der Waals surface area contributed by atoms with Crippen LogP contribution in [0, 0.1) is 5.92 Å². The second kappa shape index (κ2) is 6.20. The fourth-order valence-corrected chi connectivity index (χ4v) is 2.79. The summed E-state index contributed by atoms with van der Waals surface area (Å²) in [5, 5.41) is 3.57. The average Bonchev–Trinajstić information content (AvgIpc) is 2.38. The number of carbonyl (C=O) groups excluding carboxylic acids is 2. The Hall–Kier alpha value is -1.35.